The van der Waals surface area contributed by atoms with E-state index in [1.54, 1.807) is 12.1 Å². The number of methoxy groups -OCH3 is 1. The summed E-state index contributed by atoms with van der Waals surface area (Å²) in [7, 11) is 1.52. The van der Waals surface area contributed by atoms with Gasteiger partial charge in [-0.15, -0.1) is 0 Å². The van der Waals surface area contributed by atoms with E-state index in [2.05, 4.69) is 22.5 Å². The van der Waals surface area contributed by atoms with Crippen LogP contribution in [0.15, 0.2) is 36.7 Å². The second-order valence-corrected chi connectivity index (χ2v) is 9.59. The van der Waals surface area contributed by atoms with Crippen molar-refractivity contribution in [2.24, 2.45) is 0 Å². The highest BCUT2D eigenvalue weighted by Gasteiger charge is 2.25. The van der Waals surface area contributed by atoms with E-state index in [1.807, 2.05) is 18.5 Å². The number of aromatic hydroxyl groups is 1. The van der Waals surface area contributed by atoms with E-state index >= 15 is 0 Å². The lowest BCUT2D eigenvalue weighted by Crippen LogP contribution is -2.10. The van der Waals surface area contributed by atoms with Gasteiger partial charge in [-0.3, -0.25) is 9.59 Å². The Hall–Kier alpha value is -3.28. The smallest absolute Gasteiger partial charge is 0.182 e. The van der Waals surface area contributed by atoms with Crippen LogP contribution in [-0.2, 0) is 9.59 Å². The number of phenolic OH excluding ortho intramolecular Hbond substituents is 1. The zero-order valence-electron chi connectivity index (χ0n) is 20.8. The molecule has 3 aromatic rings. The monoisotopic (exact) mass is 476 g/mol. The summed E-state index contributed by atoms with van der Waals surface area (Å²) in [6.45, 7) is 2.09. The van der Waals surface area contributed by atoms with Gasteiger partial charge in [-0.05, 0) is 49.1 Å². The first kappa shape index (κ1) is 24.8. The molecule has 2 aromatic heterocycles. The van der Waals surface area contributed by atoms with Crippen LogP contribution < -0.4 is 4.74 Å². The zero-order chi connectivity index (χ0) is 24.8. The summed E-state index contributed by atoms with van der Waals surface area (Å²) in [5, 5.41) is 12.2. The third-order valence-corrected chi connectivity index (χ3v) is 7.01. The summed E-state index contributed by atoms with van der Waals surface area (Å²) < 4.78 is 7.55. The molecule has 4 rings (SSSR count). The highest BCUT2D eigenvalue weighted by molar-refractivity contribution is 6.06. The van der Waals surface area contributed by atoms with Crippen LogP contribution in [0.3, 0.4) is 0 Å². The normalized spacial score (nSPS) is 14.7. The number of rotatable bonds is 11. The number of benzene rings is 1. The van der Waals surface area contributed by atoms with E-state index < -0.39 is 0 Å². The molecule has 0 bridgehead atoms. The Morgan fingerprint density at radius 1 is 1.20 bits per heavy atom. The zero-order valence-corrected chi connectivity index (χ0v) is 20.8. The number of aromatic nitrogens is 2. The number of hydrogen-bond donors (Lipinski definition) is 2. The van der Waals surface area contributed by atoms with Crippen molar-refractivity contribution in [1.29, 1.82) is 0 Å². The number of unbranched alkanes of at least 4 members (excludes halogenated alkanes) is 2. The van der Waals surface area contributed by atoms with Gasteiger partial charge in [-0.1, -0.05) is 45.1 Å². The lowest BCUT2D eigenvalue weighted by Gasteiger charge is -2.24. The van der Waals surface area contributed by atoms with Gasteiger partial charge in [0.2, 0.25) is 0 Å². The molecule has 0 radical (unpaired) electrons. The van der Waals surface area contributed by atoms with Gasteiger partial charge < -0.3 is 19.4 Å². The Kier molecular flexibility index (Phi) is 8.11. The summed E-state index contributed by atoms with van der Waals surface area (Å²) in [6.07, 6.45) is 16.3. The number of allylic oxidation sites excluding steroid dienone is 1. The predicted molar refractivity (Wildman–Crippen MR) is 139 cm³/mol. The summed E-state index contributed by atoms with van der Waals surface area (Å²) in [4.78, 5) is 27.7. The van der Waals surface area contributed by atoms with Crippen LogP contribution in [0, 0.1) is 0 Å². The van der Waals surface area contributed by atoms with Gasteiger partial charge in [-0.2, -0.15) is 0 Å². The highest BCUT2D eigenvalue weighted by Crippen LogP contribution is 2.42. The first-order chi connectivity index (χ1) is 17.0. The minimum atomic E-state index is -0.211. The summed E-state index contributed by atoms with van der Waals surface area (Å²) >= 11 is 0. The van der Waals surface area contributed by atoms with Crippen molar-refractivity contribution in [2.75, 3.05) is 7.11 Å². The summed E-state index contributed by atoms with van der Waals surface area (Å²) in [5.41, 5.74) is 3.58. The fraction of sp³-hybridized carbons (Fsp3) is 0.448. The van der Waals surface area contributed by atoms with Crippen LogP contribution >= 0.6 is 0 Å². The van der Waals surface area contributed by atoms with Crippen molar-refractivity contribution >= 4 is 28.5 Å². The average molecular weight is 477 g/mol. The number of hydrogen-bond acceptors (Lipinski definition) is 4. The number of nitrogens with zero attached hydrogens (tertiary/aromatic N) is 1. The molecule has 0 spiro atoms. The Bertz CT molecular complexity index is 1210. The van der Waals surface area contributed by atoms with E-state index in [4.69, 9.17) is 4.74 Å². The Labute approximate surface area is 207 Å². The molecule has 1 aliphatic carbocycles. The van der Waals surface area contributed by atoms with Crippen LogP contribution in [0.4, 0.5) is 0 Å². The minimum Gasteiger partial charge on any atom is -0.503 e. The van der Waals surface area contributed by atoms with E-state index in [0.29, 0.717) is 23.8 Å². The Balaban J connectivity index is 1.64. The van der Waals surface area contributed by atoms with Gasteiger partial charge in [0.25, 0.3) is 0 Å². The van der Waals surface area contributed by atoms with Crippen molar-refractivity contribution in [3.8, 4) is 17.2 Å². The molecule has 0 saturated heterocycles. The van der Waals surface area contributed by atoms with Crippen LogP contribution in [0.5, 0.6) is 11.5 Å². The average Bonchev–Trinajstić information content (AvgIpc) is 3.45. The number of ketones is 2. The molecule has 2 heterocycles. The van der Waals surface area contributed by atoms with Crippen LogP contribution in [0.2, 0.25) is 0 Å². The number of phenols is 1. The molecule has 1 aromatic carbocycles. The van der Waals surface area contributed by atoms with Gasteiger partial charge in [0.05, 0.1) is 24.7 Å². The largest absolute Gasteiger partial charge is 0.503 e. The molecule has 1 saturated carbocycles. The molecule has 35 heavy (non-hydrogen) atoms. The maximum absolute atomic E-state index is 12.4. The number of aromatic amines is 1. The lowest BCUT2D eigenvalue weighted by molar-refractivity contribution is -0.124. The van der Waals surface area contributed by atoms with Crippen molar-refractivity contribution in [1.82, 2.24) is 9.55 Å². The third-order valence-electron chi connectivity index (χ3n) is 7.01. The van der Waals surface area contributed by atoms with Gasteiger partial charge in [0, 0.05) is 35.8 Å². The molecule has 2 N–H and O–H groups in total. The lowest BCUT2D eigenvalue weighted by atomic mass is 9.86. The predicted octanol–water partition coefficient (Wildman–Crippen LogP) is 6.84. The second-order valence-electron chi connectivity index (χ2n) is 9.59. The SMILES string of the molecule is CCCCCC(=O)CC(=O)C=Cc1cc(OC)c(O)c(-n2cc3[nH]ccc3c2C2CCCCC2)c1. The van der Waals surface area contributed by atoms with E-state index in [0.717, 1.165) is 43.2 Å². The quantitative estimate of drug-likeness (QED) is 0.180. The number of Topliss-reactive ketones (excluding diaryl/α,β-unsaturated/α-hetero) is 1. The molecule has 6 heteroatoms. The number of carbonyl (C=O) groups excluding carboxylic acids is 2. The van der Waals surface area contributed by atoms with Gasteiger partial charge in [-0.25, -0.2) is 0 Å². The molecule has 1 aliphatic rings. The van der Waals surface area contributed by atoms with Gasteiger partial charge in [0.1, 0.15) is 5.78 Å². The molecule has 0 unspecified atom stereocenters. The Morgan fingerprint density at radius 2 is 2.00 bits per heavy atom. The highest BCUT2D eigenvalue weighted by atomic mass is 16.5. The first-order valence-corrected chi connectivity index (χ1v) is 12.8. The van der Waals surface area contributed by atoms with Crippen LogP contribution in [0.1, 0.15) is 88.3 Å². The Morgan fingerprint density at radius 3 is 2.74 bits per heavy atom. The molecule has 0 amide bonds. The molecule has 1 fully saturated rings. The minimum absolute atomic E-state index is 0.0170. The molecular weight excluding hydrogens is 440 g/mol. The van der Waals surface area contributed by atoms with E-state index in [-0.39, 0.29) is 23.7 Å². The number of fused-ring (bicyclic) bond motifs is 1. The molecule has 0 aliphatic heterocycles. The molecule has 6 nitrogen and oxygen atoms in total. The molecule has 186 valence electrons. The van der Waals surface area contributed by atoms with Crippen molar-refractivity contribution in [3.63, 3.8) is 0 Å². The topological polar surface area (TPSA) is 84.3 Å². The first-order valence-electron chi connectivity index (χ1n) is 12.8. The van der Waals surface area contributed by atoms with Crippen molar-refractivity contribution in [3.05, 3.63) is 47.9 Å². The number of H-pyrrole nitrogens is 1. The summed E-state index contributed by atoms with van der Waals surface area (Å²) in [5.74, 6) is 0.602. The number of carbonyl (C=O) groups is 2. The molecular formula is C29H36N2O4. The van der Waals surface area contributed by atoms with Crippen molar-refractivity contribution < 1.29 is 19.4 Å². The van der Waals surface area contributed by atoms with Gasteiger partial charge in [0.15, 0.2) is 17.3 Å². The maximum atomic E-state index is 12.4. The fourth-order valence-electron chi connectivity index (χ4n) is 5.19. The number of ether oxygens (including phenoxy) is 1. The maximum Gasteiger partial charge on any atom is 0.182 e. The fourth-order valence-corrected chi connectivity index (χ4v) is 5.19. The van der Waals surface area contributed by atoms with Crippen LogP contribution in [-0.4, -0.2) is 33.3 Å². The van der Waals surface area contributed by atoms with Crippen molar-refractivity contribution in [2.45, 2.75) is 77.0 Å². The summed E-state index contributed by atoms with van der Waals surface area (Å²) in [6, 6.07) is 5.68. The van der Waals surface area contributed by atoms with E-state index in [1.165, 1.54) is 43.5 Å². The standard InChI is InChI=1S/C29H36N2O4/c1-3-4-6-11-22(32)18-23(33)13-12-20-16-26(29(34)27(17-20)35-2)31-19-25-24(14-15-30-25)28(31)21-9-7-5-8-10-21/h12-17,19,21,30,34H,3-11,18H2,1-2H3. The van der Waals surface area contributed by atoms with E-state index in [9.17, 15) is 14.7 Å². The van der Waals surface area contributed by atoms with Gasteiger partial charge >= 0.3 is 0 Å². The third kappa shape index (κ3) is 5.69. The number of nitrogens with one attached hydrogen (secondary N) is 1. The molecule has 0 atom stereocenters. The van der Waals surface area contributed by atoms with Crippen LogP contribution in [0.25, 0.3) is 22.7 Å². The second kappa shape index (κ2) is 11.4.